The van der Waals surface area contributed by atoms with Gasteiger partial charge < -0.3 is 15.2 Å². The number of pyridine rings is 1. The number of hydrogen-bond donors (Lipinski definition) is 2. The van der Waals surface area contributed by atoms with E-state index in [4.69, 9.17) is 4.74 Å². The van der Waals surface area contributed by atoms with Crippen LogP contribution in [-0.2, 0) is 9.53 Å². The van der Waals surface area contributed by atoms with Crippen LogP contribution in [-0.4, -0.2) is 29.7 Å². The summed E-state index contributed by atoms with van der Waals surface area (Å²) in [5, 5.41) is 12.3. The third-order valence-electron chi connectivity index (χ3n) is 3.17. The molecule has 17 heavy (non-hydrogen) atoms. The van der Waals surface area contributed by atoms with E-state index in [1.807, 2.05) is 0 Å². The number of rotatable bonds is 5. The van der Waals surface area contributed by atoms with Gasteiger partial charge in [0, 0.05) is 19.9 Å². The third-order valence-corrected chi connectivity index (χ3v) is 3.17. The summed E-state index contributed by atoms with van der Waals surface area (Å²) in [5.41, 5.74) is 0.111. The van der Waals surface area contributed by atoms with Crippen molar-refractivity contribution in [3.05, 3.63) is 18.5 Å². The molecule has 2 N–H and O–H groups in total. The number of carbonyl (C=O) groups excluding carboxylic acids is 1. The maximum atomic E-state index is 12.1. The van der Waals surface area contributed by atoms with E-state index >= 15 is 0 Å². The third kappa shape index (κ3) is 2.55. The highest BCUT2D eigenvalue weighted by atomic mass is 16.5. The lowest BCUT2D eigenvalue weighted by atomic mass is 10.0. The first kappa shape index (κ1) is 11.9. The summed E-state index contributed by atoms with van der Waals surface area (Å²) >= 11 is 0. The van der Waals surface area contributed by atoms with Gasteiger partial charge in [0.2, 0.25) is 5.91 Å². The molecule has 1 amide bonds. The normalized spacial score (nSPS) is 16.5. The van der Waals surface area contributed by atoms with Gasteiger partial charge in [-0.1, -0.05) is 0 Å². The maximum Gasteiger partial charge on any atom is 0.230 e. The van der Waals surface area contributed by atoms with Gasteiger partial charge in [-0.05, 0) is 25.3 Å². The molecule has 0 atom stereocenters. The van der Waals surface area contributed by atoms with Crippen molar-refractivity contribution in [1.82, 2.24) is 4.98 Å². The molecule has 0 saturated heterocycles. The number of aromatic hydroxyl groups is 1. The van der Waals surface area contributed by atoms with Crippen LogP contribution in [0.25, 0.3) is 0 Å². The van der Waals surface area contributed by atoms with E-state index < -0.39 is 0 Å². The minimum atomic E-state index is -0.300. The molecule has 5 heteroatoms. The molecule has 1 aromatic rings. The maximum absolute atomic E-state index is 12.1. The van der Waals surface area contributed by atoms with Gasteiger partial charge in [0.05, 0.1) is 17.3 Å². The van der Waals surface area contributed by atoms with Crippen LogP contribution in [0.2, 0.25) is 0 Å². The summed E-state index contributed by atoms with van der Waals surface area (Å²) in [4.78, 5) is 15.8. The molecular weight excluding hydrogens is 220 g/mol. The van der Waals surface area contributed by atoms with Crippen LogP contribution < -0.4 is 5.32 Å². The predicted molar refractivity (Wildman–Crippen MR) is 62.7 cm³/mol. The van der Waals surface area contributed by atoms with E-state index in [1.54, 1.807) is 13.2 Å². The lowest BCUT2D eigenvalue weighted by Gasteiger charge is -2.15. The van der Waals surface area contributed by atoms with Gasteiger partial charge in [0.15, 0.2) is 5.75 Å². The highest BCUT2D eigenvalue weighted by Gasteiger charge is 2.49. The minimum Gasteiger partial charge on any atom is -0.504 e. The van der Waals surface area contributed by atoms with E-state index in [1.165, 1.54) is 12.4 Å². The number of carbonyl (C=O) groups is 1. The fourth-order valence-electron chi connectivity index (χ4n) is 1.79. The monoisotopic (exact) mass is 236 g/mol. The van der Waals surface area contributed by atoms with Crippen LogP contribution in [0.5, 0.6) is 5.75 Å². The van der Waals surface area contributed by atoms with Crippen LogP contribution in [0.1, 0.15) is 19.3 Å². The molecule has 1 heterocycles. The zero-order chi connectivity index (χ0) is 12.3. The van der Waals surface area contributed by atoms with Gasteiger partial charge in [-0.2, -0.15) is 0 Å². The molecule has 92 valence electrons. The summed E-state index contributed by atoms with van der Waals surface area (Å²) in [6, 6.07) is 1.58. The van der Waals surface area contributed by atoms with Crippen LogP contribution in [0, 0.1) is 5.41 Å². The quantitative estimate of drug-likeness (QED) is 0.813. The van der Waals surface area contributed by atoms with E-state index in [0.717, 1.165) is 19.3 Å². The molecule has 1 fully saturated rings. The molecule has 1 aromatic heterocycles. The van der Waals surface area contributed by atoms with E-state index in [-0.39, 0.29) is 17.1 Å². The van der Waals surface area contributed by atoms with Gasteiger partial charge in [0.1, 0.15) is 0 Å². The van der Waals surface area contributed by atoms with Crippen molar-refractivity contribution in [2.24, 2.45) is 5.41 Å². The number of aromatic nitrogens is 1. The Bertz CT molecular complexity index is 416. The molecular formula is C12H16N2O3. The second-order valence-electron chi connectivity index (χ2n) is 4.37. The molecule has 1 aliphatic rings. The summed E-state index contributed by atoms with van der Waals surface area (Å²) in [5.74, 6) is -0.0561. The number of nitrogens with zero attached hydrogens (tertiary/aromatic N) is 1. The smallest absolute Gasteiger partial charge is 0.230 e. The summed E-state index contributed by atoms with van der Waals surface area (Å²) in [7, 11) is 1.63. The Kier molecular flexibility index (Phi) is 3.28. The highest BCUT2D eigenvalue weighted by molar-refractivity contribution is 5.98. The van der Waals surface area contributed by atoms with Gasteiger partial charge in [0.25, 0.3) is 0 Å². The first-order valence-corrected chi connectivity index (χ1v) is 5.61. The molecule has 2 rings (SSSR count). The molecule has 0 aliphatic heterocycles. The zero-order valence-electron chi connectivity index (χ0n) is 9.77. The van der Waals surface area contributed by atoms with Crippen molar-refractivity contribution in [2.75, 3.05) is 19.0 Å². The summed E-state index contributed by atoms with van der Waals surface area (Å²) in [6.07, 6.45) is 5.33. The Hall–Kier alpha value is -1.62. The largest absolute Gasteiger partial charge is 0.504 e. The fourth-order valence-corrected chi connectivity index (χ4v) is 1.79. The molecule has 1 saturated carbocycles. The number of hydrogen-bond acceptors (Lipinski definition) is 4. The number of methoxy groups -OCH3 is 1. The second-order valence-corrected chi connectivity index (χ2v) is 4.37. The van der Waals surface area contributed by atoms with Crippen LogP contribution in [0.4, 0.5) is 5.69 Å². The summed E-state index contributed by atoms with van der Waals surface area (Å²) < 4.78 is 5.00. The topological polar surface area (TPSA) is 71.5 Å². The number of nitrogens with one attached hydrogen (secondary N) is 1. The first-order valence-electron chi connectivity index (χ1n) is 5.61. The predicted octanol–water partition coefficient (Wildman–Crippen LogP) is 1.54. The van der Waals surface area contributed by atoms with E-state index in [0.29, 0.717) is 12.3 Å². The second kappa shape index (κ2) is 4.71. The number of amides is 1. The fraction of sp³-hybridized carbons (Fsp3) is 0.500. The zero-order valence-corrected chi connectivity index (χ0v) is 9.77. The van der Waals surface area contributed by atoms with E-state index in [2.05, 4.69) is 10.3 Å². The lowest BCUT2D eigenvalue weighted by Crippen LogP contribution is -2.25. The Morgan fingerprint density at radius 2 is 2.41 bits per heavy atom. The van der Waals surface area contributed by atoms with Crippen molar-refractivity contribution in [3.8, 4) is 5.75 Å². The molecule has 0 bridgehead atoms. The highest BCUT2D eigenvalue weighted by Crippen LogP contribution is 2.49. The Morgan fingerprint density at radius 3 is 3.00 bits per heavy atom. The molecule has 0 spiro atoms. The average molecular weight is 236 g/mol. The Labute approximate surface area is 99.8 Å². The van der Waals surface area contributed by atoms with Crippen molar-refractivity contribution in [1.29, 1.82) is 0 Å². The summed E-state index contributed by atoms with van der Waals surface area (Å²) in [6.45, 7) is 0.579. The van der Waals surface area contributed by atoms with E-state index in [9.17, 15) is 9.90 Å². The lowest BCUT2D eigenvalue weighted by molar-refractivity contribution is -0.121. The molecule has 5 nitrogen and oxygen atoms in total. The average Bonchev–Trinajstić information content (AvgIpc) is 3.11. The van der Waals surface area contributed by atoms with Gasteiger partial charge in [-0.25, -0.2) is 0 Å². The van der Waals surface area contributed by atoms with Gasteiger partial charge in [-0.15, -0.1) is 0 Å². The first-order chi connectivity index (χ1) is 8.18. The van der Waals surface area contributed by atoms with Crippen molar-refractivity contribution in [3.63, 3.8) is 0 Å². The van der Waals surface area contributed by atoms with Crippen molar-refractivity contribution in [2.45, 2.75) is 19.3 Å². The SMILES string of the molecule is COCCC1(C(=O)Nc2ccncc2O)CC1. The molecule has 0 aromatic carbocycles. The Morgan fingerprint density at radius 1 is 1.65 bits per heavy atom. The number of anilines is 1. The van der Waals surface area contributed by atoms with Crippen LogP contribution in [0.15, 0.2) is 18.5 Å². The molecule has 0 radical (unpaired) electrons. The van der Waals surface area contributed by atoms with Crippen molar-refractivity contribution >= 4 is 11.6 Å². The molecule has 1 aliphatic carbocycles. The number of ether oxygens (including phenoxy) is 1. The van der Waals surface area contributed by atoms with Gasteiger partial charge >= 0.3 is 0 Å². The van der Waals surface area contributed by atoms with Crippen LogP contribution >= 0.6 is 0 Å². The van der Waals surface area contributed by atoms with Crippen molar-refractivity contribution < 1.29 is 14.6 Å². The standard InChI is InChI=1S/C12H16N2O3/c1-17-7-5-12(3-4-12)11(16)14-9-2-6-13-8-10(9)15/h2,6,8,15H,3-5,7H2,1H3,(H,13,14,16). The van der Waals surface area contributed by atoms with Crippen LogP contribution in [0.3, 0.4) is 0 Å². The minimum absolute atomic E-state index is 0.0107. The van der Waals surface area contributed by atoms with Gasteiger partial charge in [-0.3, -0.25) is 9.78 Å². The molecule has 0 unspecified atom stereocenters. The Balaban J connectivity index is 2.00.